The maximum absolute atomic E-state index is 11.4. The Hall–Kier alpha value is -3.50. The molecule has 0 spiro atoms. The number of rotatable bonds is 7. The molecule has 1 fully saturated rings. The van der Waals surface area contributed by atoms with Crippen molar-refractivity contribution in [2.75, 3.05) is 37.6 Å². The number of benzene rings is 1. The van der Waals surface area contributed by atoms with Crippen LogP contribution >= 0.6 is 0 Å². The minimum absolute atomic E-state index is 0.0487. The molecule has 1 amide bonds. The van der Waals surface area contributed by atoms with E-state index in [4.69, 9.17) is 10.2 Å². The van der Waals surface area contributed by atoms with Crippen molar-refractivity contribution in [3.05, 3.63) is 65.1 Å². The number of amides is 1. The molecule has 7 heteroatoms. The molecule has 3 aliphatic rings. The fourth-order valence-electron chi connectivity index (χ4n) is 5.22. The number of fused-ring (bicyclic) bond motifs is 2. The molecule has 34 heavy (non-hydrogen) atoms. The first-order valence-corrected chi connectivity index (χ1v) is 12.1. The SMILES string of the molecule is CC12CC=C(C#N)C=C1C(CCCCN1CCN(c3ccc4oc(C(N)=O)cc4c3)CC1)=CN2. The molecule has 1 saturated heterocycles. The van der Waals surface area contributed by atoms with Crippen molar-refractivity contribution in [1.29, 1.82) is 5.26 Å². The standard InChI is InChI=1S/C27H31N5O2/c1-27-8-7-19(17-28)14-23(27)20(18-30-27)4-2-3-9-31-10-12-32(13-11-31)22-5-6-24-21(15-22)16-25(34-24)26(29)33/h5-7,14-16,18,30H,2-4,8-13H2,1H3,(H2,29,33). The van der Waals surface area contributed by atoms with E-state index in [1.165, 1.54) is 17.6 Å². The molecule has 1 aliphatic carbocycles. The number of anilines is 1. The number of hydrogen-bond acceptors (Lipinski definition) is 6. The highest BCUT2D eigenvalue weighted by Gasteiger charge is 2.35. The maximum Gasteiger partial charge on any atom is 0.284 e. The van der Waals surface area contributed by atoms with Gasteiger partial charge in [-0.15, -0.1) is 0 Å². The predicted octanol–water partition coefficient (Wildman–Crippen LogP) is 3.85. The Labute approximate surface area is 200 Å². The Morgan fingerprint density at radius 2 is 2.06 bits per heavy atom. The summed E-state index contributed by atoms with van der Waals surface area (Å²) < 4.78 is 5.50. The number of piperazine rings is 1. The van der Waals surface area contributed by atoms with Gasteiger partial charge in [0, 0.05) is 49.0 Å². The molecule has 2 aliphatic heterocycles. The summed E-state index contributed by atoms with van der Waals surface area (Å²) in [4.78, 5) is 16.3. The van der Waals surface area contributed by atoms with E-state index >= 15 is 0 Å². The van der Waals surface area contributed by atoms with Crippen molar-refractivity contribution in [2.45, 2.75) is 38.1 Å². The van der Waals surface area contributed by atoms with Gasteiger partial charge in [-0.1, -0.05) is 6.08 Å². The lowest BCUT2D eigenvalue weighted by molar-refractivity contribution is 0.0976. The summed E-state index contributed by atoms with van der Waals surface area (Å²) in [6.07, 6.45) is 10.5. The minimum atomic E-state index is -0.542. The quantitative estimate of drug-likeness (QED) is 0.613. The van der Waals surface area contributed by atoms with Gasteiger partial charge in [-0.05, 0) is 80.6 Å². The van der Waals surface area contributed by atoms with Gasteiger partial charge in [-0.2, -0.15) is 5.26 Å². The number of nitrogens with zero attached hydrogens (tertiary/aromatic N) is 3. The number of carbonyl (C=O) groups is 1. The number of hydrogen-bond donors (Lipinski definition) is 2. The molecule has 0 bridgehead atoms. The zero-order valence-corrected chi connectivity index (χ0v) is 19.6. The third kappa shape index (κ3) is 4.34. The van der Waals surface area contributed by atoms with Crippen LogP contribution in [0.2, 0.25) is 0 Å². The Morgan fingerprint density at radius 3 is 2.82 bits per heavy atom. The number of nitrogens with one attached hydrogen (secondary N) is 1. The smallest absolute Gasteiger partial charge is 0.284 e. The van der Waals surface area contributed by atoms with Crippen molar-refractivity contribution in [1.82, 2.24) is 10.2 Å². The van der Waals surface area contributed by atoms with Crippen LogP contribution in [0.4, 0.5) is 5.69 Å². The summed E-state index contributed by atoms with van der Waals surface area (Å²) in [5.41, 5.74) is 10.5. The molecule has 0 radical (unpaired) electrons. The molecule has 1 unspecified atom stereocenters. The number of furan rings is 1. The Bertz CT molecular complexity index is 1240. The van der Waals surface area contributed by atoms with Crippen molar-refractivity contribution < 1.29 is 9.21 Å². The maximum atomic E-state index is 11.4. The lowest BCUT2D eigenvalue weighted by Crippen LogP contribution is -2.46. The van der Waals surface area contributed by atoms with Crippen LogP contribution < -0.4 is 16.0 Å². The molecular formula is C27H31N5O2. The Morgan fingerprint density at radius 1 is 1.24 bits per heavy atom. The molecule has 1 atom stereocenters. The van der Waals surface area contributed by atoms with Crippen LogP contribution in [-0.2, 0) is 0 Å². The van der Waals surface area contributed by atoms with Gasteiger partial charge >= 0.3 is 0 Å². The average molecular weight is 458 g/mol. The van der Waals surface area contributed by atoms with Crippen molar-refractivity contribution in [2.24, 2.45) is 5.73 Å². The van der Waals surface area contributed by atoms with Crippen LogP contribution in [0.3, 0.4) is 0 Å². The van der Waals surface area contributed by atoms with Gasteiger partial charge in [0.05, 0.1) is 11.6 Å². The first-order valence-electron chi connectivity index (χ1n) is 12.1. The van der Waals surface area contributed by atoms with E-state index in [9.17, 15) is 10.1 Å². The molecule has 3 heterocycles. The number of nitrogens with two attached hydrogens (primary N) is 1. The number of carbonyl (C=O) groups excluding carboxylic acids is 1. The molecule has 1 aromatic carbocycles. The molecule has 5 rings (SSSR count). The highest BCUT2D eigenvalue weighted by atomic mass is 16.3. The van der Waals surface area contributed by atoms with Gasteiger partial charge < -0.3 is 20.4 Å². The van der Waals surface area contributed by atoms with Gasteiger partial charge in [-0.25, -0.2) is 0 Å². The fourth-order valence-corrected chi connectivity index (χ4v) is 5.22. The molecule has 3 N–H and O–H groups in total. The zero-order valence-electron chi connectivity index (χ0n) is 19.6. The fraction of sp³-hybridized carbons (Fsp3) is 0.407. The number of primary amides is 1. The normalized spacial score (nSPS) is 22.5. The van der Waals surface area contributed by atoms with E-state index in [0.29, 0.717) is 5.58 Å². The molecular weight excluding hydrogens is 426 g/mol. The summed E-state index contributed by atoms with van der Waals surface area (Å²) in [7, 11) is 0. The largest absolute Gasteiger partial charge is 0.451 e. The molecule has 176 valence electrons. The molecule has 0 saturated carbocycles. The summed E-state index contributed by atoms with van der Waals surface area (Å²) in [6, 6.07) is 10.0. The molecule has 7 nitrogen and oxygen atoms in total. The van der Waals surface area contributed by atoms with Crippen LogP contribution in [0, 0.1) is 11.3 Å². The van der Waals surface area contributed by atoms with E-state index in [1.807, 2.05) is 12.1 Å². The topological polar surface area (TPSA) is 98.5 Å². The van der Waals surface area contributed by atoms with E-state index in [-0.39, 0.29) is 11.3 Å². The second kappa shape index (κ2) is 9.03. The third-order valence-corrected chi connectivity index (χ3v) is 7.32. The third-order valence-electron chi connectivity index (χ3n) is 7.32. The van der Waals surface area contributed by atoms with Crippen molar-refractivity contribution in [3.8, 4) is 6.07 Å². The van der Waals surface area contributed by atoms with E-state index in [2.05, 4.69) is 52.5 Å². The monoisotopic (exact) mass is 457 g/mol. The van der Waals surface area contributed by atoms with Crippen LogP contribution in [0.15, 0.2) is 63.8 Å². The van der Waals surface area contributed by atoms with Crippen LogP contribution in [0.1, 0.15) is 43.2 Å². The number of allylic oxidation sites excluding steroid dienone is 2. The summed E-state index contributed by atoms with van der Waals surface area (Å²) >= 11 is 0. The van der Waals surface area contributed by atoms with Gasteiger partial charge in [-0.3, -0.25) is 9.69 Å². The van der Waals surface area contributed by atoms with Crippen LogP contribution in [0.5, 0.6) is 0 Å². The first-order chi connectivity index (χ1) is 16.4. The minimum Gasteiger partial charge on any atom is -0.451 e. The van der Waals surface area contributed by atoms with Crippen molar-refractivity contribution >= 4 is 22.6 Å². The zero-order chi connectivity index (χ0) is 23.7. The van der Waals surface area contributed by atoms with E-state index < -0.39 is 5.91 Å². The molecule has 2 aromatic rings. The van der Waals surface area contributed by atoms with Gasteiger partial charge in [0.25, 0.3) is 5.91 Å². The first kappa shape index (κ1) is 22.3. The lowest BCUT2D eigenvalue weighted by atomic mass is 9.80. The predicted molar refractivity (Wildman–Crippen MR) is 133 cm³/mol. The number of unbranched alkanes of at least 4 members (excludes halogenated alkanes) is 1. The van der Waals surface area contributed by atoms with Gasteiger partial charge in [0.2, 0.25) is 0 Å². The highest BCUT2D eigenvalue weighted by molar-refractivity contribution is 5.95. The second-order valence-electron chi connectivity index (χ2n) is 9.66. The Balaban J connectivity index is 1.09. The van der Waals surface area contributed by atoms with Gasteiger partial charge in [0.1, 0.15) is 5.58 Å². The van der Waals surface area contributed by atoms with Crippen LogP contribution in [-0.4, -0.2) is 49.1 Å². The molecule has 1 aromatic heterocycles. The average Bonchev–Trinajstić information content (AvgIpc) is 3.42. The summed E-state index contributed by atoms with van der Waals surface area (Å²) in [5.74, 6) is -0.340. The second-order valence-corrected chi connectivity index (χ2v) is 9.66. The Kier molecular flexibility index (Phi) is 5.93. The van der Waals surface area contributed by atoms with E-state index in [1.54, 1.807) is 6.07 Å². The highest BCUT2D eigenvalue weighted by Crippen LogP contribution is 2.38. The van der Waals surface area contributed by atoms with Crippen molar-refractivity contribution in [3.63, 3.8) is 0 Å². The van der Waals surface area contributed by atoms with Crippen LogP contribution in [0.25, 0.3) is 11.0 Å². The number of nitriles is 1. The van der Waals surface area contributed by atoms with E-state index in [0.717, 1.165) is 68.6 Å². The lowest BCUT2D eigenvalue weighted by Gasteiger charge is -2.36. The summed E-state index contributed by atoms with van der Waals surface area (Å²) in [6.45, 7) is 7.37. The summed E-state index contributed by atoms with van der Waals surface area (Å²) in [5, 5.41) is 13.7. The van der Waals surface area contributed by atoms with Gasteiger partial charge in [0.15, 0.2) is 5.76 Å².